The van der Waals surface area contributed by atoms with Gasteiger partial charge in [-0.2, -0.15) is 11.8 Å². The topological polar surface area (TPSA) is 40.5 Å². The molecule has 0 aromatic rings. The van der Waals surface area contributed by atoms with Gasteiger partial charge in [0.2, 0.25) is 0 Å². The molecule has 4 heteroatoms. The molecule has 2 atom stereocenters. The van der Waals surface area contributed by atoms with Gasteiger partial charge in [-0.3, -0.25) is 9.69 Å². The van der Waals surface area contributed by atoms with Crippen LogP contribution in [0.1, 0.15) is 19.8 Å². The van der Waals surface area contributed by atoms with Crippen molar-refractivity contribution < 1.29 is 9.90 Å². The lowest BCUT2D eigenvalue weighted by Crippen LogP contribution is -2.52. The molecule has 2 saturated heterocycles. The van der Waals surface area contributed by atoms with Crippen molar-refractivity contribution in [3.63, 3.8) is 0 Å². The number of likely N-dealkylation sites (tertiary alicyclic amines) is 1. The highest BCUT2D eigenvalue weighted by atomic mass is 32.2. The SMILES string of the molecule is CC1CC(N2CC(CC(=O)O)C2)CS1. The van der Waals surface area contributed by atoms with E-state index in [1.54, 1.807) is 0 Å². The van der Waals surface area contributed by atoms with E-state index in [1.807, 2.05) is 11.8 Å². The van der Waals surface area contributed by atoms with E-state index in [-0.39, 0.29) is 0 Å². The first-order chi connectivity index (χ1) is 6.65. The number of rotatable bonds is 3. The average molecular weight is 215 g/mol. The van der Waals surface area contributed by atoms with Crippen LogP contribution < -0.4 is 0 Å². The van der Waals surface area contributed by atoms with E-state index < -0.39 is 5.97 Å². The van der Waals surface area contributed by atoms with Crippen LogP contribution in [0.4, 0.5) is 0 Å². The first kappa shape index (κ1) is 10.3. The van der Waals surface area contributed by atoms with Crippen LogP contribution in [-0.2, 0) is 4.79 Å². The number of nitrogens with zero attached hydrogens (tertiary/aromatic N) is 1. The third-order valence-electron chi connectivity index (χ3n) is 3.14. The molecule has 2 fully saturated rings. The Balaban J connectivity index is 1.70. The Labute approximate surface area is 88.9 Å². The third kappa shape index (κ3) is 2.23. The lowest BCUT2D eigenvalue weighted by Gasteiger charge is -2.42. The minimum Gasteiger partial charge on any atom is -0.481 e. The maximum absolute atomic E-state index is 10.5. The lowest BCUT2D eigenvalue weighted by atomic mass is 9.93. The van der Waals surface area contributed by atoms with Gasteiger partial charge in [-0.25, -0.2) is 0 Å². The molecule has 14 heavy (non-hydrogen) atoms. The van der Waals surface area contributed by atoms with E-state index in [1.165, 1.54) is 12.2 Å². The first-order valence-corrected chi connectivity index (χ1v) is 6.27. The molecule has 0 amide bonds. The monoisotopic (exact) mass is 215 g/mol. The van der Waals surface area contributed by atoms with E-state index in [9.17, 15) is 4.79 Å². The summed E-state index contributed by atoms with van der Waals surface area (Å²) >= 11 is 2.04. The molecule has 0 bridgehead atoms. The number of aliphatic carboxylic acids is 1. The van der Waals surface area contributed by atoms with Crippen molar-refractivity contribution in [3.05, 3.63) is 0 Å². The molecule has 2 aliphatic rings. The minimum atomic E-state index is -0.649. The summed E-state index contributed by atoms with van der Waals surface area (Å²) in [6.45, 7) is 4.29. The van der Waals surface area contributed by atoms with Gasteiger partial charge < -0.3 is 5.11 Å². The Morgan fingerprint density at radius 1 is 1.57 bits per heavy atom. The first-order valence-electron chi connectivity index (χ1n) is 5.22. The van der Waals surface area contributed by atoms with E-state index in [0.717, 1.165) is 24.4 Å². The number of carbonyl (C=O) groups is 1. The van der Waals surface area contributed by atoms with Gasteiger partial charge in [0.15, 0.2) is 0 Å². The Kier molecular flexibility index (Phi) is 3.02. The van der Waals surface area contributed by atoms with Gasteiger partial charge in [-0.1, -0.05) is 6.92 Å². The number of hydrogen-bond acceptors (Lipinski definition) is 3. The van der Waals surface area contributed by atoms with Crippen molar-refractivity contribution in [3.8, 4) is 0 Å². The van der Waals surface area contributed by atoms with Crippen molar-refractivity contribution in [2.75, 3.05) is 18.8 Å². The fourth-order valence-electron chi connectivity index (χ4n) is 2.33. The van der Waals surface area contributed by atoms with Gasteiger partial charge in [0.25, 0.3) is 0 Å². The highest BCUT2D eigenvalue weighted by Crippen LogP contribution is 2.33. The zero-order valence-electron chi connectivity index (χ0n) is 8.48. The van der Waals surface area contributed by atoms with E-state index in [0.29, 0.717) is 12.3 Å². The Hall–Kier alpha value is -0.220. The fourth-order valence-corrected chi connectivity index (χ4v) is 3.59. The molecule has 2 rings (SSSR count). The van der Waals surface area contributed by atoms with Crippen molar-refractivity contribution in [2.24, 2.45) is 5.92 Å². The Bertz CT molecular complexity index is 228. The van der Waals surface area contributed by atoms with Gasteiger partial charge in [-0.15, -0.1) is 0 Å². The van der Waals surface area contributed by atoms with Crippen LogP contribution in [-0.4, -0.2) is 46.1 Å². The molecule has 80 valence electrons. The highest BCUT2D eigenvalue weighted by Gasteiger charge is 2.36. The van der Waals surface area contributed by atoms with E-state index in [4.69, 9.17) is 5.11 Å². The van der Waals surface area contributed by atoms with Crippen molar-refractivity contribution in [2.45, 2.75) is 31.1 Å². The molecule has 0 saturated carbocycles. The average Bonchev–Trinajstić information content (AvgIpc) is 2.42. The van der Waals surface area contributed by atoms with Crippen LogP contribution in [0, 0.1) is 5.92 Å². The minimum absolute atomic E-state index is 0.353. The molecule has 0 aliphatic carbocycles. The van der Waals surface area contributed by atoms with Gasteiger partial charge in [0.1, 0.15) is 0 Å². The van der Waals surface area contributed by atoms with Crippen LogP contribution in [0.25, 0.3) is 0 Å². The number of carboxylic acid groups (broad SMARTS) is 1. The van der Waals surface area contributed by atoms with Crippen LogP contribution in [0.2, 0.25) is 0 Å². The van der Waals surface area contributed by atoms with Crippen LogP contribution in [0.5, 0.6) is 0 Å². The summed E-state index contributed by atoms with van der Waals surface area (Å²) in [5.41, 5.74) is 0. The second-order valence-electron chi connectivity index (χ2n) is 4.45. The summed E-state index contributed by atoms with van der Waals surface area (Å²) in [5.74, 6) is 0.998. The van der Waals surface area contributed by atoms with Gasteiger partial charge in [0, 0.05) is 30.1 Å². The fraction of sp³-hybridized carbons (Fsp3) is 0.900. The highest BCUT2D eigenvalue weighted by molar-refractivity contribution is 8.00. The summed E-state index contributed by atoms with van der Waals surface area (Å²) < 4.78 is 0. The molecular weight excluding hydrogens is 198 g/mol. The van der Waals surface area contributed by atoms with Crippen molar-refractivity contribution >= 4 is 17.7 Å². The van der Waals surface area contributed by atoms with Gasteiger partial charge >= 0.3 is 5.97 Å². The molecule has 3 nitrogen and oxygen atoms in total. The molecule has 0 spiro atoms. The van der Waals surface area contributed by atoms with E-state index in [2.05, 4.69) is 11.8 Å². The molecule has 1 N–H and O–H groups in total. The number of thioether (sulfide) groups is 1. The maximum Gasteiger partial charge on any atom is 0.303 e. The molecule has 0 radical (unpaired) electrons. The molecule has 2 unspecified atom stereocenters. The van der Waals surface area contributed by atoms with Gasteiger partial charge in [0.05, 0.1) is 6.42 Å². The number of hydrogen-bond donors (Lipinski definition) is 1. The smallest absolute Gasteiger partial charge is 0.303 e. The number of carboxylic acids is 1. The predicted molar refractivity (Wildman–Crippen MR) is 57.6 cm³/mol. The zero-order chi connectivity index (χ0) is 10.1. The Morgan fingerprint density at radius 3 is 2.79 bits per heavy atom. The van der Waals surface area contributed by atoms with Crippen LogP contribution in [0.15, 0.2) is 0 Å². The Morgan fingerprint density at radius 2 is 2.29 bits per heavy atom. The standard InChI is InChI=1S/C10H17NO2S/c1-7-2-9(6-14-7)11-4-8(5-11)3-10(12)13/h7-9H,2-6H2,1H3,(H,12,13). The summed E-state index contributed by atoms with van der Waals surface area (Å²) in [4.78, 5) is 12.9. The van der Waals surface area contributed by atoms with E-state index >= 15 is 0 Å². The summed E-state index contributed by atoms with van der Waals surface area (Å²) in [5, 5.41) is 9.41. The lowest BCUT2D eigenvalue weighted by molar-refractivity contribution is -0.139. The second kappa shape index (κ2) is 4.11. The zero-order valence-corrected chi connectivity index (χ0v) is 9.30. The quantitative estimate of drug-likeness (QED) is 0.770. The van der Waals surface area contributed by atoms with Crippen LogP contribution >= 0.6 is 11.8 Å². The molecule has 2 aliphatic heterocycles. The van der Waals surface area contributed by atoms with Crippen molar-refractivity contribution in [1.82, 2.24) is 4.90 Å². The normalized spacial score (nSPS) is 34.4. The molecule has 2 heterocycles. The molecule has 0 aromatic heterocycles. The largest absolute Gasteiger partial charge is 0.481 e. The van der Waals surface area contributed by atoms with Crippen molar-refractivity contribution in [1.29, 1.82) is 0 Å². The summed E-state index contributed by atoms with van der Waals surface area (Å²) in [6, 6.07) is 0.722. The second-order valence-corrected chi connectivity index (χ2v) is 5.92. The maximum atomic E-state index is 10.5. The third-order valence-corrected chi connectivity index (χ3v) is 4.48. The molecular formula is C10H17NO2S. The van der Waals surface area contributed by atoms with Crippen LogP contribution in [0.3, 0.4) is 0 Å². The molecule has 0 aromatic carbocycles. The van der Waals surface area contributed by atoms with Gasteiger partial charge in [-0.05, 0) is 12.3 Å². The summed E-state index contributed by atoms with van der Waals surface area (Å²) in [6.07, 6.45) is 1.64. The predicted octanol–water partition coefficient (Wildman–Crippen LogP) is 1.29. The summed E-state index contributed by atoms with van der Waals surface area (Å²) in [7, 11) is 0.